The van der Waals surface area contributed by atoms with E-state index in [1.54, 1.807) is 0 Å². The van der Waals surface area contributed by atoms with E-state index in [1.165, 1.54) is 0 Å². The van der Waals surface area contributed by atoms with Crippen molar-refractivity contribution in [3.63, 3.8) is 0 Å². The zero-order valence-corrected chi connectivity index (χ0v) is 8.50. The predicted molar refractivity (Wildman–Crippen MR) is 61.1 cm³/mol. The van der Waals surface area contributed by atoms with Gasteiger partial charge in [-0.15, -0.1) is 0 Å². The van der Waals surface area contributed by atoms with Gasteiger partial charge in [-0.3, -0.25) is 0 Å². The van der Waals surface area contributed by atoms with Crippen LogP contribution >= 0.6 is 0 Å². The molecule has 0 heterocycles. The van der Waals surface area contributed by atoms with Gasteiger partial charge in [-0.25, -0.2) is 0 Å². The molecule has 5 N–H and O–H groups in total. The van der Waals surface area contributed by atoms with E-state index >= 15 is 0 Å². The van der Waals surface area contributed by atoms with E-state index < -0.39 is 0 Å². The van der Waals surface area contributed by atoms with Gasteiger partial charge in [0.15, 0.2) is 0 Å². The van der Waals surface area contributed by atoms with E-state index in [1.807, 2.05) is 12.1 Å². The largest absolute Gasteiger partial charge is 0.385 e. The molecule has 3 heteroatoms. The molecule has 0 unspecified atom stereocenters. The number of unbranched alkanes of at least 4 members (excludes halogenated alkanes) is 1. The minimum Gasteiger partial charge on any atom is -0.385 e. The molecule has 0 saturated heterocycles. The molecule has 0 aliphatic rings. The van der Waals surface area contributed by atoms with Crippen LogP contribution in [0, 0.1) is 0 Å². The number of rotatable bonds is 6. The molecule has 1 rings (SSSR count). The Labute approximate surface area is 85.5 Å². The van der Waals surface area contributed by atoms with Crippen LogP contribution in [-0.4, -0.2) is 13.1 Å². The number of nitrogens with two attached hydrogens (primary N) is 2. The van der Waals surface area contributed by atoms with Gasteiger partial charge >= 0.3 is 0 Å². The zero-order valence-electron chi connectivity index (χ0n) is 8.50. The van der Waals surface area contributed by atoms with E-state index in [0.717, 1.165) is 37.2 Å². The Hall–Kier alpha value is -1.06. The predicted octanol–water partition coefficient (Wildman–Crippen LogP) is 1.30. The van der Waals surface area contributed by atoms with Crippen LogP contribution < -0.4 is 16.8 Å². The first-order valence-electron chi connectivity index (χ1n) is 5.09. The maximum atomic E-state index is 5.55. The first-order valence-corrected chi connectivity index (χ1v) is 5.09. The molecule has 0 fully saturated rings. The molecule has 1 aromatic carbocycles. The van der Waals surface area contributed by atoms with Crippen LogP contribution in [0.1, 0.15) is 18.4 Å². The fourth-order valence-electron chi connectivity index (χ4n) is 1.31. The van der Waals surface area contributed by atoms with Gasteiger partial charge in [-0.2, -0.15) is 0 Å². The van der Waals surface area contributed by atoms with Gasteiger partial charge < -0.3 is 16.8 Å². The van der Waals surface area contributed by atoms with Crippen molar-refractivity contribution in [3.8, 4) is 0 Å². The van der Waals surface area contributed by atoms with Crippen molar-refractivity contribution in [2.45, 2.75) is 19.4 Å². The molecule has 0 amide bonds. The van der Waals surface area contributed by atoms with Crippen molar-refractivity contribution in [2.24, 2.45) is 11.5 Å². The average molecular weight is 193 g/mol. The van der Waals surface area contributed by atoms with Crippen LogP contribution in [0.5, 0.6) is 0 Å². The van der Waals surface area contributed by atoms with Crippen LogP contribution in [0.4, 0.5) is 5.69 Å². The summed E-state index contributed by atoms with van der Waals surface area (Å²) in [6, 6.07) is 8.20. The molecule has 0 aliphatic heterocycles. The Kier molecular flexibility index (Phi) is 5.04. The van der Waals surface area contributed by atoms with Crippen molar-refractivity contribution in [2.75, 3.05) is 18.4 Å². The molecular formula is C11H19N3. The summed E-state index contributed by atoms with van der Waals surface area (Å²) in [5.41, 5.74) is 13.3. The summed E-state index contributed by atoms with van der Waals surface area (Å²) in [5, 5.41) is 3.34. The van der Waals surface area contributed by atoms with Gasteiger partial charge in [0.1, 0.15) is 0 Å². The van der Waals surface area contributed by atoms with Crippen LogP contribution in [0.25, 0.3) is 0 Å². The lowest BCUT2D eigenvalue weighted by atomic mass is 10.2. The lowest BCUT2D eigenvalue weighted by molar-refractivity contribution is 0.774. The second-order valence-corrected chi connectivity index (χ2v) is 3.33. The highest BCUT2D eigenvalue weighted by atomic mass is 14.9. The van der Waals surface area contributed by atoms with E-state index in [2.05, 4.69) is 17.4 Å². The molecule has 0 aliphatic carbocycles. The third-order valence-corrected chi connectivity index (χ3v) is 2.12. The first kappa shape index (κ1) is 11.0. The Morgan fingerprint density at radius 3 is 2.71 bits per heavy atom. The van der Waals surface area contributed by atoms with Gasteiger partial charge in [0, 0.05) is 18.8 Å². The summed E-state index contributed by atoms with van der Waals surface area (Å²) in [5.74, 6) is 0. The Bertz CT molecular complexity index is 260. The number of nitrogens with one attached hydrogen (secondary N) is 1. The van der Waals surface area contributed by atoms with Gasteiger partial charge in [0.25, 0.3) is 0 Å². The molecule has 0 saturated carbocycles. The van der Waals surface area contributed by atoms with Gasteiger partial charge in [0.2, 0.25) is 0 Å². The van der Waals surface area contributed by atoms with Crippen LogP contribution in [-0.2, 0) is 6.54 Å². The monoisotopic (exact) mass is 193 g/mol. The summed E-state index contributed by atoms with van der Waals surface area (Å²) in [4.78, 5) is 0. The van der Waals surface area contributed by atoms with Crippen molar-refractivity contribution in [1.82, 2.24) is 0 Å². The third kappa shape index (κ3) is 3.77. The molecule has 3 nitrogen and oxygen atoms in total. The van der Waals surface area contributed by atoms with Crippen LogP contribution in [0.15, 0.2) is 24.3 Å². The molecular weight excluding hydrogens is 174 g/mol. The van der Waals surface area contributed by atoms with Gasteiger partial charge in [-0.1, -0.05) is 12.1 Å². The van der Waals surface area contributed by atoms with E-state index in [0.29, 0.717) is 6.54 Å². The fraction of sp³-hybridized carbons (Fsp3) is 0.455. The van der Waals surface area contributed by atoms with Gasteiger partial charge in [-0.05, 0) is 37.1 Å². The third-order valence-electron chi connectivity index (χ3n) is 2.12. The summed E-state index contributed by atoms with van der Waals surface area (Å²) >= 11 is 0. The highest BCUT2D eigenvalue weighted by Crippen LogP contribution is 2.09. The number of anilines is 1. The smallest absolute Gasteiger partial charge is 0.0343 e. The maximum Gasteiger partial charge on any atom is 0.0343 e. The quantitative estimate of drug-likeness (QED) is 0.597. The van der Waals surface area contributed by atoms with Crippen molar-refractivity contribution in [3.05, 3.63) is 29.8 Å². The summed E-state index contributed by atoms with van der Waals surface area (Å²) in [6.45, 7) is 2.34. The van der Waals surface area contributed by atoms with E-state index in [9.17, 15) is 0 Å². The fourth-order valence-corrected chi connectivity index (χ4v) is 1.31. The molecule has 1 aromatic rings. The minimum atomic E-state index is 0.596. The standard InChI is InChI=1S/C11H19N3/c12-6-1-2-7-14-11-5-3-4-10(8-11)9-13/h3-5,8,14H,1-2,6-7,9,12-13H2. The zero-order chi connectivity index (χ0) is 10.2. The number of benzene rings is 1. The summed E-state index contributed by atoms with van der Waals surface area (Å²) in [7, 11) is 0. The lowest BCUT2D eigenvalue weighted by Gasteiger charge is -2.06. The molecule has 14 heavy (non-hydrogen) atoms. The van der Waals surface area contributed by atoms with E-state index in [4.69, 9.17) is 11.5 Å². The van der Waals surface area contributed by atoms with Gasteiger partial charge in [0.05, 0.1) is 0 Å². The maximum absolute atomic E-state index is 5.55. The highest BCUT2D eigenvalue weighted by molar-refractivity contribution is 5.45. The topological polar surface area (TPSA) is 64.1 Å². The molecule has 0 radical (unpaired) electrons. The molecule has 0 spiro atoms. The lowest BCUT2D eigenvalue weighted by Crippen LogP contribution is -2.06. The Morgan fingerprint density at radius 2 is 2.00 bits per heavy atom. The van der Waals surface area contributed by atoms with Crippen molar-refractivity contribution >= 4 is 5.69 Å². The minimum absolute atomic E-state index is 0.596. The normalized spacial score (nSPS) is 10.1. The SMILES string of the molecule is NCCCCNc1cccc(CN)c1. The molecule has 0 atom stereocenters. The molecule has 0 bridgehead atoms. The van der Waals surface area contributed by atoms with Crippen LogP contribution in [0.2, 0.25) is 0 Å². The van der Waals surface area contributed by atoms with Crippen molar-refractivity contribution < 1.29 is 0 Å². The molecule has 0 aromatic heterocycles. The van der Waals surface area contributed by atoms with E-state index in [-0.39, 0.29) is 0 Å². The van der Waals surface area contributed by atoms with Crippen LogP contribution in [0.3, 0.4) is 0 Å². The average Bonchev–Trinajstić information content (AvgIpc) is 2.25. The second-order valence-electron chi connectivity index (χ2n) is 3.33. The summed E-state index contributed by atoms with van der Waals surface area (Å²) < 4.78 is 0. The first-order chi connectivity index (χ1) is 6.86. The Morgan fingerprint density at radius 1 is 1.14 bits per heavy atom. The van der Waals surface area contributed by atoms with Crippen molar-refractivity contribution in [1.29, 1.82) is 0 Å². The number of hydrogen-bond donors (Lipinski definition) is 3. The summed E-state index contributed by atoms with van der Waals surface area (Å²) in [6.07, 6.45) is 2.19. The Balaban J connectivity index is 2.34. The molecule has 78 valence electrons. The second kappa shape index (κ2) is 6.40. The highest BCUT2D eigenvalue weighted by Gasteiger charge is 1.93. The number of hydrogen-bond acceptors (Lipinski definition) is 3.